The maximum Gasteiger partial charge on any atom is 0.169 e. The second-order valence-electron chi connectivity index (χ2n) is 7.63. The summed E-state index contributed by atoms with van der Waals surface area (Å²) in [7, 11) is 0. The summed E-state index contributed by atoms with van der Waals surface area (Å²) in [6, 6.07) is 10.2. The van der Waals surface area contributed by atoms with Crippen molar-refractivity contribution in [3.05, 3.63) is 35.9 Å². The van der Waals surface area contributed by atoms with Gasteiger partial charge in [0.1, 0.15) is 5.78 Å². The molecule has 2 aliphatic rings. The van der Waals surface area contributed by atoms with Crippen molar-refractivity contribution in [3.63, 3.8) is 0 Å². The molecule has 1 aromatic rings. The Morgan fingerprint density at radius 2 is 1.96 bits per heavy atom. The normalized spacial score (nSPS) is 26.6. The maximum atomic E-state index is 11.6. The van der Waals surface area contributed by atoms with Gasteiger partial charge in [-0.1, -0.05) is 37.3 Å². The molecule has 1 saturated carbocycles. The number of ketones is 1. The molecule has 3 atom stereocenters. The third-order valence-electron chi connectivity index (χ3n) is 5.25. The second-order valence-corrected chi connectivity index (χ2v) is 7.63. The first kappa shape index (κ1) is 18.6. The van der Waals surface area contributed by atoms with Crippen molar-refractivity contribution in [1.29, 1.82) is 0 Å². The molecule has 4 heteroatoms. The highest BCUT2D eigenvalue weighted by atomic mass is 16.7. The van der Waals surface area contributed by atoms with Gasteiger partial charge >= 0.3 is 0 Å². The lowest BCUT2D eigenvalue weighted by Crippen LogP contribution is -2.49. The summed E-state index contributed by atoms with van der Waals surface area (Å²) >= 11 is 0. The number of benzene rings is 1. The monoisotopic (exact) mass is 346 g/mol. The zero-order chi connectivity index (χ0) is 17.7. The first-order chi connectivity index (χ1) is 12.1. The number of ether oxygens (including phenoxy) is 3. The van der Waals surface area contributed by atoms with Crippen LogP contribution < -0.4 is 0 Å². The summed E-state index contributed by atoms with van der Waals surface area (Å²) in [5, 5.41) is 0. The Hall–Kier alpha value is -1.23. The van der Waals surface area contributed by atoms with E-state index < -0.39 is 5.79 Å². The number of carbonyl (C=O) groups is 1. The molecule has 1 saturated heterocycles. The molecule has 4 nitrogen and oxygen atoms in total. The van der Waals surface area contributed by atoms with Crippen LogP contribution in [0, 0.1) is 5.92 Å². The predicted molar refractivity (Wildman–Crippen MR) is 96.1 cm³/mol. The van der Waals surface area contributed by atoms with Gasteiger partial charge in [-0.25, -0.2) is 0 Å². The van der Waals surface area contributed by atoms with Gasteiger partial charge in [-0.2, -0.15) is 0 Å². The zero-order valence-corrected chi connectivity index (χ0v) is 15.4. The smallest absolute Gasteiger partial charge is 0.169 e. The second kappa shape index (κ2) is 8.43. The van der Waals surface area contributed by atoms with E-state index >= 15 is 0 Å². The number of hydrogen-bond donors (Lipinski definition) is 0. The predicted octanol–water partition coefficient (Wildman–Crippen LogP) is 4.26. The SMILES string of the molecule is CC(=O)C[C@@H]1C[C@H]([C@@H](C)COCc2ccccc2)OC2(CCCC2)O1. The number of rotatable bonds is 7. The molecule has 1 heterocycles. The molecule has 2 fully saturated rings. The quantitative estimate of drug-likeness (QED) is 0.740. The third-order valence-corrected chi connectivity index (χ3v) is 5.25. The fourth-order valence-electron chi connectivity index (χ4n) is 3.95. The van der Waals surface area contributed by atoms with Crippen LogP contribution in [0.4, 0.5) is 0 Å². The average molecular weight is 346 g/mol. The van der Waals surface area contributed by atoms with E-state index in [1.165, 1.54) is 5.56 Å². The van der Waals surface area contributed by atoms with Crippen molar-refractivity contribution < 1.29 is 19.0 Å². The van der Waals surface area contributed by atoms with Crippen LogP contribution in [0.25, 0.3) is 0 Å². The van der Waals surface area contributed by atoms with Gasteiger partial charge in [-0.3, -0.25) is 4.79 Å². The molecular formula is C21H30O4. The van der Waals surface area contributed by atoms with Crippen molar-refractivity contribution in [1.82, 2.24) is 0 Å². The molecule has 1 aromatic carbocycles. The van der Waals surface area contributed by atoms with Crippen molar-refractivity contribution in [2.24, 2.45) is 5.92 Å². The zero-order valence-electron chi connectivity index (χ0n) is 15.4. The minimum absolute atomic E-state index is 0.0223. The fraction of sp³-hybridized carbons (Fsp3) is 0.667. The van der Waals surface area contributed by atoms with Crippen LogP contribution in [-0.4, -0.2) is 30.4 Å². The van der Waals surface area contributed by atoms with Crippen LogP contribution in [0.1, 0.15) is 57.9 Å². The Labute approximate surface area is 150 Å². The minimum Gasteiger partial charge on any atom is -0.376 e. The molecule has 0 radical (unpaired) electrons. The lowest BCUT2D eigenvalue weighted by atomic mass is 9.94. The van der Waals surface area contributed by atoms with Crippen LogP contribution in [0.15, 0.2) is 30.3 Å². The van der Waals surface area contributed by atoms with Gasteiger partial charge in [-0.05, 0) is 25.3 Å². The summed E-state index contributed by atoms with van der Waals surface area (Å²) < 4.78 is 18.5. The molecule has 1 aliphatic carbocycles. The van der Waals surface area contributed by atoms with E-state index in [9.17, 15) is 4.79 Å². The first-order valence-electron chi connectivity index (χ1n) is 9.53. The van der Waals surface area contributed by atoms with Crippen LogP contribution in [-0.2, 0) is 25.6 Å². The first-order valence-corrected chi connectivity index (χ1v) is 9.53. The molecular weight excluding hydrogens is 316 g/mol. The van der Waals surface area contributed by atoms with E-state index in [1.54, 1.807) is 6.92 Å². The standard InChI is InChI=1S/C21H30O4/c1-16(14-23-15-18-8-4-3-5-9-18)20-13-19(12-17(2)22)24-21(25-20)10-6-7-11-21/h3-5,8-9,16,19-20H,6-7,10-15H2,1-2H3/t16-,19+,20+/m0/s1. The molecule has 0 bridgehead atoms. The summed E-state index contributed by atoms with van der Waals surface area (Å²) in [5.41, 5.74) is 1.18. The summed E-state index contributed by atoms with van der Waals surface area (Å²) in [6.07, 6.45) is 5.48. The fourth-order valence-corrected chi connectivity index (χ4v) is 3.95. The molecule has 0 N–H and O–H groups in total. The molecule has 1 spiro atoms. The molecule has 1 aliphatic heterocycles. The largest absolute Gasteiger partial charge is 0.376 e. The number of hydrogen-bond acceptors (Lipinski definition) is 4. The minimum atomic E-state index is -0.462. The van der Waals surface area contributed by atoms with Crippen molar-refractivity contribution >= 4 is 5.78 Å². The lowest BCUT2D eigenvalue weighted by Gasteiger charge is -2.44. The molecule has 3 rings (SSSR count). The summed E-state index contributed by atoms with van der Waals surface area (Å²) in [5.74, 6) is 0.00260. The van der Waals surface area contributed by atoms with Crippen molar-refractivity contribution in [2.75, 3.05) is 6.61 Å². The Morgan fingerprint density at radius 3 is 2.64 bits per heavy atom. The van der Waals surface area contributed by atoms with E-state index in [0.717, 1.165) is 32.1 Å². The van der Waals surface area contributed by atoms with Gasteiger partial charge in [0.2, 0.25) is 0 Å². The molecule has 0 unspecified atom stereocenters. The maximum absolute atomic E-state index is 11.6. The summed E-state index contributed by atoms with van der Waals surface area (Å²) in [6.45, 7) is 5.09. The molecule has 138 valence electrons. The van der Waals surface area contributed by atoms with E-state index in [2.05, 4.69) is 19.1 Å². The molecule has 0 aromatic heterocycles. The lowest BCUT2D eigenvalue weighted by molar-refractivity contribution is -0.322. The highest BCUT2D eigenvalue weighted by Crippen LogP contribution is 2.42. The van der Waals surface area contributed by atoms with Gasteiger partial charge in [0.25, 0.3) is 0 Å². The summed E-state index contributed by atoms with van der Waals surface area (Å²) in [4.78, 5) is 11.6. The number of carbonyl (C=O) groups excluding carboxylic acids is 1. The van der Waals surface area contributed by atoms with Crippen LogP contribution in [0.3, 0.4) is 0 Å². The van der Waals surface area contributed by atoms with Crippen molar-refractivity contribution in [2.45, 2.75) is 77.0 Å². The van der Waals surface area contributed by atoms with Gasteiger partial charge in [0.15, 0.2) is 5.79 Å². The van der Waals surface area contributed by atoms with E-state index in [-0.39, 0.29) is 23.9 Å². The Bertz CT molecular complexity index is 550. The molecule has 0 amide bonds. The van der Waals surface area contributed by atoms with Gasteiger partial charge in [0.05, 0.1) is 25.4 Å². The Kier molecular flexibility index (Phi) is 6.26. The third kappa shape index (κ3) is 5.13. The number of Topliss-reactive ketones (excluding diaryl/α,β-unsaturated/α-hetero) is 1. The van der Waals surface area contributed by atoms with E-state index in [1.807, 2.05) is 18.2 Å². The topological polar surface area (TPSA) is 44.8 Å². The van der Waals surface area contributed by atoms with E-state index in [4.69, 9.17) is 14.2 Å². The highest BCUT2D eigenvalue weighted by molar-refractivity contribution is 5.76. The van der Waals surface area contributed by atoms with E-state index in [0.29, 0.717) is 19.6 Å². The van der Waals surface area contributed by atoms with Crippen LogP contribution in [0.2, 0.25) is 0 Å². The molecule has 25 heavy (non-hydrogen) atoms. The van der Waals surface area contributed by atoms with Crippen LogP contribution in [0.5, 0.6) is 0 Å². The Balaban J connectivity index is 1.55. The van der Waals surface area contributed by atoms with Crippen LogP contribution >= 0.6 is 0 Å². The van der Waals surface area contributed by atoms with Gasteiger partial charge < -0.3 is 14.2 Å². The average Bonchev–Trinajstić information content (AvgIpc) is 3.02. The Morgan fingerprint density at radius 1 is 1.24 bits per heavy atom. The van der Waals surface area contributed by atoms with Gasteiger partial charge in [0, 0.05) is 31.6 Å². The van der Waals surface area contributed by atoms with Crippen molar-refractivity contribution in [3.8, 4) is 0 Å². The highest BCUT2D eigenvalue weighted by Gasteiger charge is 2.45. The van der Waals surface area contributed by atoms with Gasteiger partial charge in [-0.15, -0.1) is 0 Å².